The lowest BCUT2D eigenvalue weighted by Crippen LogP contribution is -2.46. The zero-order chi connectivity index (χ0) is 21.2. The van der Waals surface area contributed by atoms with Gasteiger partial charge in [0.2, 0.25) is 0 Å². The lowest BCUT2D eigenvalue weighted by atomic mass is 9.98. The summed E-state index contributed by atoms with van der Waals surface area (Å²) in [6.07, 6.45) is 7.01. The number of hydrogen-bond donors (Lipinski definition) is 1. The Balaban J connectivity index is 2.09. The van der Waals surface area contributed by atoms with Crippen LogP contribution in [0.4, 0.5) is 8.78 Å². The second-order valence-corrected chi connectivity index (χ2v) is 6.84. The minimum atomic E-state index is -3.50. The highest BCUT2D eigenvalue weighted by Gasteiger charge is 2.35. The van der Waals surface area contributed by atoms with Crippen LogP contribution < -0.4 is 5.32 Å². The van der Waals surface area contributed by atoms with Gasteiger partial charge in [-0.15, -0.1) is 6.42 Å². The quantitative estimate of drug-likeness (QED) is 0.674. The zero-order valence-corrected chi connectivity index (χ0v) is 15.9. The Kier molecular flexibility index (Phi) is 5.34. The van der Waals surface area contributed by atoms with Crippen LogP contribution in [0.3, 0.4) is 0 Å². The van der Waals surface area contributed by atoms with Crippen molar-refractivity contribution < 1.29 is 13.6 Å². The fourth-order valence-corrected chi connectivity index (χ4v) is 3.18. The minimum Gasteiger partial charge on any atom is -0.346 e. The lowest BCUT2D eigenvalue weighted by Gasteiger charge is -2.27. The smallest absolute Gasteiger partial charge is 0.321 e. The first-order chi connectivity index (χ1) is 13.7. The number of nitrogens with zero attached hydrogens (tertiary/aromatic N) is 3. The van der Waals surface area contributed by atoms with Gasteiger partial charge in [0.25, 0.3) is 5.91 Å². The average Bonchev–Trinajstić information content (AvgIpc) is 3.10. The van der Waals surface area contributed by atoms with Gasteiger partial charge in [0, 0.05) is 17.9 Å². The maximum Gasteiger partial charge on any atom is 0.321 e. The molecule has 2 atom stereocenters. The third kappa shape index (κ3) is 4.09. The molecule has 0 aliphatic heterocycles. The second kappa shape index (κ2) is 7.73. The number of carbonyl (C=O) groups is 1. The summed E-state index contributed by atoms with van der Waals surface area (Å²) in [6, 6.07) is 12.9. The van der Waals surface area contributed by atoms with Crippen LogP contribution in [-0.4, -0.2) is 27.7 Å². The topological polar surface area (TPSA) is 70.7 Å². The van der Waals surface area contributed by atoms with E-state index in [4.69, 9.17) is 11.7 Å². The van der Waals surface area contributed by atoms with Gasteiger partial charge >= 0.3 is 5.92 Å². The van der Waals surface area contributed by atoms with Crippen molar-refractivity contribution in [2.75, 3.05) is 0 Å². The molecule has 0 bridgehead atoms. The summed E-state index contributed by atoms with van der Waals surface area (Å²) in [6.45, 7) is 2.19. The van der Waals surface area contributed by atoms with E-state index in [0.717, 1.165) is 10.9 Å². The third-order valence-corrected chi connectivity index (χ3v) is 4.64. The molecule has 0 saturated carbocycles. The maximum absolute atomic E-state index is 13.4. The molecule has 0 fully saturated rings. The molecule has 3 rings (SSSR count). The molecule has 0 saturated heterocycles. The molecule has 7 heteroatoms. The number of benzene rings is 2. The first-order valence-electron chi connectivity index (χ1n) is 8.87. The molecule has 2 aromatic carbocycles. The standard InChI is InChI=1S/C22H18F2N4O/c1-4-15-5-8-17(9-6-15)20(14(2)27-21(29)22(3,23)24)28-19-10-7-16(12-25)11-18(19)13-26-28/h1,5-11,13-14,20H,2-3H3,(H,27,29)/t14-,20-/m0/s1. The molecular weight excluding hydrogens is 374 g/mol. The molecule has 146 valence electrons. The van der Waals surface area contributed by atoms with Crippen LogP contribution in [-0.2, 0) is 4.79 Å². The zero-order valence-electron chi connectivity index (χ0n) is 15.9. The Labute approximate surface area is 166 Å². The molecule has 1 aromatic heterocycles. The average molecular weight is 392 g/mol. The van der Waals surface area contributed by atoms with E-state index < -0.39 is 23.9 Å². The van der Waals surface area contributed by atoms with Crippen molar-refractivity contribution in [2.24, 2.45) is 0 Å². The molecule has 0 unspecified atom stereocenters. The number of amides is 1. The summed E-state index contributed by atoms with van der Waals surface area (Å²) >= 11 is 0. The number of nitrogens with one attached hydrogen (secondary N) is 1. The summed E-state index contributed by atoms with van der Waals surface area (Å²) in [5.41, 5.74) is 2.61. The number of terminal acetylenes is 1. The van der Waals surface area contributed by atoms with E-state index in [0.29, 0.717) is 23.6 Å². The Bertz CT molecular complexity index is 1130. The molecule has 0 aliphatic rings. The fraction of sp³-hybridized carbons (Fsp3) is 0.227. The largest absolute Gasteiger partial charge is 0.346 e. The number of carbonyl (C=O) groups excluding carboxylic acids is 1. The molecule has 0 radical (unpaired) electrons. The van der Waals surface area contributed by atoms with Crippen LogP contribution in [0.5, 0.6) is 0 Å². The Morgan fingerprint density at radius 1 is 1.24 bits per heavy atom. The molecule has 29 heavy (non-hydrogen) atoms. The number of halogens is 2. The molecule has 3 aromatic rings. The van der Waals surface area contributed by atoms with Gasteiger partial charge in [-0.3, -0.25) is 9.48 Å². The van der Waals surface area contributed by atoms with E-state index in [1.807, 2.05) is 0 Å². The summed E-state index contributed by atoms with van der Waals surface area (Å²) in [5.74, 6) is -2.33. The van der Waals surface area contributed by atoms with E-state index >= 15 is 0 Å². The van der Waals surface area contributed by atoms with E-state index in [2.05, 4.69) is 22.4 Å². The van der Waals surface area contributed by atoms with Gasteiger partial charge in [0.05, 0.1) is 35.4 Å². The number of rotatable bonds is 5. The Hall–Kier alpha value is -3.71. The molecule has 5 nitrogen and oxygen atoms in total. The van der Waals surface area contributed by atoms with Crippen molar-refractivity contribution in [1.29, 1.82) is 5.26 Å². The summed E-state index contributed by atoms with van der Waals surface area (Å²) in [4.78, 5) is 11.9. The van der Waals surface area contributed by atoms with Gasteiger partial charge in [0.15, 0.2) is 0 Å². The first-order valence-corrected chi connectivity index (χ1v) is 8.87. The van der Waals surface area contributed by atoms with E-state index in [9.17, 15) is 13.6 Å². The number of fused-ring (bicyclic) bond motifs is 1. The number of aromatic nitrogens is 2. The molecule has 1 heterocycles. The van der Waals surface area contributed by atoms with Crippen LogP contribution >= 0.6 is 0 Å². The number of hydrogen-bond acceptors (Lipinski definition) is 3. The second-order valence-electron chi connectivity index (χ2n) is 6.84. The highest BCUT2D eigenvalue weighted by atomic mass is 19.3. The van der Waals surface area contributed by atoms with Gasteiger partial charge < -0.3 is 5.32 Å². The van der Waals surface area contributed by atoms with Crippen molar-refractivity contribution in [3.63, 3.8) is 0 Å². The van der Waals surface area contributed by atoms with Crippen molar-refractivity contribution in [3.8, 4) is 18.4 Å². The first kappa shape index (κ1) is 20.0. The normalized spacial score (nSPS) is 13.3. The van der Waals surface area contributed by atoms with Crippen molar-refractivity contribution >= 4 is 16.8 Å². The number of alkyl halides is 2. The predicted octanol–water partition coefficient (Wildman–Crippen LogP) is 3.64. The third-order valence-electron chi connectivity index (χ3n) is 4.64. The van der Waals surface area contributed by atoms with Gasteiger partial charge in [0.1, 0.15) is 0 Å². The highest BCUT2D eigenvalue weighted by Crippen LogP contribution is 2.28. The maximum atomic E-state index is 13.4. The van der Waals surface area contributed by atoms with Crippen molar-refractivity contribution in [3.05, 3.63) is 65.4 Å². The van der Waals surface area contributed by atoms with Crippen LogP contribution in [0.15, 0.2) is 48.7 Å². The van der Waals surface area contributed by atoms with Crippen LogP contribution in [0, 0.1) is 23.7 Å². The number of nitriles is 1. The molecule has 0 spiro atoms. The van der Waals surface area contributed by atoms with Crippen LogP contribution in [0.25, 0.3) is 10.9 Å². The van der Waals surface area contributed by atoms with Crippen LogP contribution in [0.1, 0.15) is 36.6 Å². The molecular formula is C22H18F2N4O. The Morgan fingerprint density at radius 2 is 1.90 bits per heavy atom. The molecule has 1 amide bonds. The van der Waals surface area contributed by atoms with Crippen molar-refractivity contribution in [2.45, 2.75) is 31.9 Å². The predicted molar refractivity (Wildman–Crippen MR) is 105 cm³/mol. The van der Waals surface area contributed by atoms with E-state index in [1.54, 1.807) is 60.3 Å². The summed E-state index contributed by atoms with van der Waals surface area (Å²) in [7, 11) is 0. The lowest BCUT2D eigenvalue weighted by molar-refractivity contribution is -0.143. The monoisotopic (exact) mass is 392 g/mol. The SMILES string of the molecule is C#Cc1ccc([C@H]([C@H](C)NC(=O)C(C)(F)F)n2ncc3cc(C#N)ccc32)cc1. The Morgan fingerprint density at radius 3 is 2.48 bits per heavy atom. The van der Waals surface area contributed by atoms with Crippen molar-refractivity contribution in [1.82, 2.24) is 15.1 Å². The van der Waals surface area contributed by atoms with E-state index in [1.165, 1.54) is 0 Å². The molecule has 0 aliphatic carbocycles. The summed E-state index contributed by atoms with van der Waals surface area (Å²) < 4.78 is 28.5. The highest BCUT2D eigenvalue weighted by molar-refractivity contribution is 5.83. The van der Waals surface area contributed by atoms with Crippen LogP contribution in [0.2, 0.25) is 0 Å². The van der Waals surface area contributed by atoms with E-state index in [-0.39, 0.29) is 0 Å². The van der Waals surface area contributed by atoms with Gasteiger partial charge in [-0.05, 0) is 42.8 Å². The van der Waals surface area contributed by atoms with Gasteiger partial charge in [-0.1, -0.05) is 18.1 Å². The fourth-order valence-electron chi connectivity index (χ4n) is 3.18. The molecule has 1 N–H and O–H groups in total. The van der Waals surface area contributed by atoms with Gasteiger partial charge in [-0.25, -0.2) is 0 Å². The summed E-state index contributed by atoms with van der Waals surface area (Å²) in [5, 5.41) is 16.6. The van der Waals surface area contributed by atoms with Gasteiger partial charge in [-0.2, -0.15) is 19.1 Å². The minimum absolute atomic E-state index is 0.485.